The lowest BCUT2D eigenvalue weighted by Gasteiger charge is -2.39. The van der Waals surface area contributed by atoms with Gasteiger partial charge in [0, 0.05) is 43.9 Å². The van der Waals surface area contributed by atoms with Crippen molar-refractivity contribution >= 4 is 17.8 Å². The Bertz CT molecular complexity index is 749. The molecule has 1 aromatic heterocycles. The number of hydrogen-bond acceptors (Lipinski definition) is 6. The second kappa shape index (κ2) is 7.77. The number of oxime groups is 1. The number of ether oxygens (including phenoxy) is 1. The minimum atomic E-state index is -0.924. The summed E-state index contributed by atoms with van der Waals surface area (Å²) in [7, 11) is 0. The third-order valence-corrected chi connectivity index (χ3v) is 5.19. The maximum Gasteiger partial charge on any atom is 0.410 e. The Kier molecular flexibility index (Phi) is 5.58. The lowest BCUT2D eigenvalue weighted by atomic mass is 9.73. The predicted octanol–water partition coefficient (Wildman–Crippen LogP) is 3.07. The van der Waals surface area contributed by atoms with Crippen molar-refractivity contribution in [2.45, 2.75) is 58.2 Å². The highest BCUT2D eigenvalue weighted by Gasteiger charge is 2.46. The molecule has 0 radical (unpaired) electrons. The van der Waals surface area contributed by atoms with Gasteiger partial charge in [0.15, 0.2) is 0 Å². The molecular weight excluding hydrogens is 362 g/mol. The van der Waals surface area contributed by atoms with E-state index in [1.807, 2.05) is 32.9 Å². The summed E-state index contributed by atoms with van der Waals surface area (Å²) in [4.78, 5) is 35.4. The minimum absolute atomic E-state index is 0.285. The molecule has 1 amide bonds. The summed E-state index contributed by atoms with van der Waals surface area (Å²) in [5, 5.41) is 14.0. The van der Waals surface area contributed by atoms with Crippen molar-refractivity contribution in [1.82, 2.24) is 9.88 Å². The standard InChI is InChI=1S/C20H27N3O5/c1-19(2,3)27-18(26)23-10-6-20(7-11-23,17(24)25)13-15-12-16(22-28-15)14-4-8-21-9-5-14/h4-5,8-9,15H,6-7,10-13H2,1-3H3,(H,24,25). The van der Waals surface area contributed by atoms with E-state index in [2.05, 4.69) is 10.1 Å². The maximum atomic E-state index is 12.2. The Labute approximate surface area is 164 Å². The molecule has 1 aromatic rings. The van der Waals surface area contributed by atoms with E-state index in [0.29, 0.717) is 38.8 Å². The molecule has 2 aliphatic rings. The Morgan fingerprint density at radius 2 is 1.93 bits per heavy atom. The van der Waals surface area contributed by atoms with Crippen LogP contribution < -0.4 is 0 Å². The van der Waals surface area contributed by atoms with Crippen LogP contribution in [0.15, 0.2) is 29.7 Å². The van der Waals surface area contributed by atoms with E-state index < -0.39 is 23.1 Å². The minimum Gasteiger partial charge on any atom is -0.481 e. The first-order valence-electron chi connectivity index (χ1n) is 9.53. The summed E-state index contributed by atoms with van der Waals surface area (Å²) >= 11 is 0. The molecule has 1 N–H and O–H groups in total. The van der Waals surface area contributed by atoms with Crippen molar-refractivity contribution in [2.75, 3.05) is 13.1 Å². The van der Waals surface area contributed by atoms with Gasteiger partial charge in [-0.1, -0.05) is 5.16 Å². The Morgan fingerprint density at radius 3 is 2.50 bits per heavy atom. The second-order valence-corrected chi connectivity index (χ2v) is 8.46. The first-order chi connectivity index (χ1) is 13.2. The topological polar surface area (TPSA) is 101 Å². The number of nitrogens with zero attached hydrogens (tertiary/aromatic N) is 3. The maximum absolute atomic E-state index is 12.2. The molecule has 1 saturated heterocycles. The van der Waals surface area contributed by atoms with Gasteiger partial charge in [-0.15, -0.1) is 0 Å². The van der Waals surface area contributed by atoms with Crippen LogP contribution in [0.4, 0.5) is 4.79 Å². The summed E-state index contributed by atoms with van der Waals surface area (Å²) in [6, 6.07) is 3.72. The van der Waals surface area contributed by atoms with E-state index in [0.717, 1.165) is 11.3 Å². The highest BCUT2D eigenvalue weighted by Crippen LogP contribution is 2.39. The summed E-state index contributed by atoms with van der Waals surface area (Å²) in [5.74, 6) is -0.850. The molecule has 0 saturated carbocycles. The van der Waals surface area contributed by atoms with Crippen LogP contribution in [0.3, 0.4) is 0 Å². The number of aliphatic carboxylic acids is 1. The molecule has 2 aliphatic heterocycles. The van der Waals surface area contributed by atoms with Crippen LogP contribution >= 0.6 is 0 Å². The number of pyridine rings is 1. The van der Waals surface area contributed by atoms with Gasteiger partial charge >= 0.3 is 12.1 Å². The van der Waals surface area contributed by atoms with E-state index in [1.54, 1.807) is 17.3 Å². The Morgan fingerprint density at radius 1 is 1.29 bits per heavy atom. The molecule has 152 valence electrons. The fourth-order valence-corrected chi connectivity index (χ4v) is 3.64. The highest BCUT2D eigenvalue weighted by atomic mass is 16.6. The molecule has 8 nitrogen and oxygen atoms in total. The van der Waals surface area contributed by atoms with Crippen molar-refractivity contribution in [1.29, 1.82) is 0 Å². The molecule has 1 fully saturated rings. The fourth-order valence-electron chi connectivity index (χ4n) is 3.64. The average Bonchev–Trinajstić information content (AvgIpc) is 3.10. The number of rotatable bonds is 4. The van der Waals surface area contributed by atoms with Gasteiger partial charge in [0.05, 0.1) is 11.1 Å². The zero-order valence-electron chi connectivity index (χ0n) is 16.6. The molecule has 0 spiro atoms. The molecule has 28 heavy (non-hydrogen) atoms. The van der Waals surface area contributed by atoms with E-state index in [9.17, 15) is 14.7 Å². The molecule has 0 bridgehead atoms. The number of piperidine rings is 1. The van der Waals surface area contributed by atoms with Gasteiger partial charge in [0.25, 0.3) is 0 Å². The number of hydrogen-bond donors (Lipinski definition) is 1. The van der Waals surface area contributed by atoms with Gasteiger partial charge < -0.3 is 19.6 Å². The SMILES string of the molecule is CC(C)(C)OC(=O)N1CCC(CC2CC(c3ccncc3)=NO2)(C(=O)O)CC1. The normalized spacial score (nSPS) is 21.6. The lowest BCUT2D eigenvalue weighted by Crippen LogP contribution is -2.49. The average molecular weight is 389 g/mol. The van der Waals surface area contributed by atoms with Gasteiger partial charge in [-0.25, -0.2) is 4.79 Å². The number of carboxylic acids is 1. The van der Waals surface area contributed by atoms with Crippen LogP contribution in [-0.2, 0) is 14.4 Å². The first kappa shape index (κ1) is 20.1. The number of carbonyl (C=O) groups is 2. The number of amides is 1. The second-order valence-electron chi connectivity index (χ2n) is 8.46. The third-order valence-electron chi connectivity index (χ3n) is 5.19. The Hall–Kier alpha value is -2.64. The molecular formula is C20H27N3O5. The molecule has 1 unspecified atom stereocenters. The van der Waals surface area contributed by atoms with E-state index in [-0.39, 0.29) is 6.10 Å². The van der Waals surface area contributed by atoms with Crippen molar-refractivity contribution in [3.63, 3.8) is 0 Å². The summed E-state index contributed by atoms with van der Waals surface area (Å²) in [6.45, 7) is 6.15. The van der Waals surface area contributed by atoms with Gasteiger partial charge in [-0.3, -0.25) is 9.78 Å². The summed E-state index contributed by atoms with van der Waals surface area (Å²) in [6.07, 6.45) is 4.36. The molecule has 3 heterocycles. The largest absolute Gasteiger partial charge is 0.481 e. The van der Waals surface area contributed by atoms with Crippen LogP contribution in [0.5, 0.6) is 0 Å². The van der Waals surface area contributed by atoms with Crippen molar-refractivity contribution in [3.05, 3.63) is 30.1 Å². The first-order valence-corrected chi connectivity index (χ1v) is 9.53. The smallest absolute Gasteiger partial charge is 0.410 e. The third kappa shape index (κ3) is 4.61. The van der Waals surface area contributed by atoms with Gasteiger partial charge in [-0.05, 0) is 45.7 Å². The predicted molar refractivity (Wildman–Crippen MR) is 102 cm³/mol. The van der Waals surface area contributed by atoms with Crippen molar-refractivity contribution in [2.24, 2.45) is 10.6 Å². The number of aromatic nitrogens is 1. The number of carboxylic acid groups (broad SMARTS) is 1. The van der Waals surface area contributed by atoms with Crippen molar-refractivity contribution in [3.8, 4) is 0 Å². The monoisotopic (exact) mass is 389 g/mol. The van der Waals surface area contributed by atoms with Crippen LogP contribution in [0.25, 0.3) is 0 Å². The molecule has 0 aliphatic carbocycles. The van der Waals surface area contributed by atoms with Crippen molar-refractivity contribution < 1.29 is 24.3 Å². The zero-order valence-corrected chi connectivity index (χ0v) is 16.6. The zero-order chi connectivity index (χ0) is 20.4. The van der Waals surface area contributed by atoms with Gasteiger partial charge in [0.2, 0.25) is 0 Å². The van der Waals surface area contributed by atoms with E-state index in [1.165, 1.54) is 0 Å². The Balaban J connectivity index is 1.59. The van der Waals surface area contributed by atoms with E-state index >= 15 is 0 Å². The van der Waals surface area contributed by atoms with Gasteiger partial charge in [-0.2, -0.15) is 0 Å². The van der Waals surface area contributed by atoms with Crippen LogP contribution in [-0.4, -0.2) is 57.6 Å². The fraction of sp³-hybridized carbons (Fsp3) is 0.600. The molecule has 3 rings (SSSR count). The lowest BCUT2D eigenvalue weighted by molar-refractivity contribution is -0.155. The summed E-state index contributed by atoms with van der Waals surface area (Å²) < 4.78 is 5.39. The summed E-state index contributed by atoms with van der Waals surface area (Å²) in [5.41, 5.74) is 0.240. The highest BCUT2D eigenvalue weighted by molar-refractivity contribution is 6.01. The van der Waals surface area contributed by atoms with E-state index in [4.69, 9.17) is 9.57 Å². The van der Waals surface area contributed by atoms with Crippen LogP contribution in [0, 0.1) is 5.41 Å². The molecule has 1 atom stereocenters. The quantitative estimate of drug-likeness (QED) is 0.849. The number of carbonyl (C=O) groups excluding carboxylic acids is 1. The molecule has 0 aromatic carbocycles. The van der Waals surface area contributed by atoms with Crippen LogP contribution in [0.2, 0.25) is 0 Å². The van der Waals surface area contributed by atoms with Gasteiger partial charge in [0.1, 0.15) is 11.7 Å². The molecule has 8 heteroatoms. The number of likely N-dealkylation sites (tertiary alicyclic amines) is 1. The van der Waals surface area contributed by atoms with Crippen LogP contribution in [0.1, 0.15) is 52.0 Å².